The van der Waals surface area contributed by atoms with E-state index in [1.165, 1.54) is 5.56 Å². The molecule has 2 aromatic carbocycles. The summed E-state index contributed by atoms with van der Waals surface area (Å²) < 4.78 is 5.14. The maximum atomic E-state index is 12.3. The minimum Gasteiger partial charge on any atom is -0.461 e. The maximum Gasteiger partial charge on any atom is 0.356 e. The lowest BCUT2D eigenvalue weighted by Gasteiger charge is -2.11. The SMILES string of the molecule is CCOC(=O)c1[nH]c2ccccc2c1NC(=S)NCCc1ccccc1. The van der Waals surface area contributed by atoms with Gasteiger partial charge < -0.3 is 20.4 Å². The van der Waals surface area contributed by atoms with Gasteiger partial charge in [-0.3, -0.25) is 0 Å². The Hall–Kier alpha value is -2.86. The summed E-state index contributed by atoms with van der Waals surface area (Å²) in [6.07, 6.45) is 0.862. The number of carbonyl (C=O) groups excluding carboxylic acids is 1. The topological polar surface area (TPSA) is 66.2 Å². The Kier molecular flexibility index (Phi) is 5.86. The molecule has 0 bridgehead atoms. The zero-order valence-electron chi connectivity index (χ0n) is 14.5. The molecule has 5 nitrogen and oxygen atoms in total. The van der Waals surface area contributed by atoms with Crippen LogP contribution in [-0.2, 0) is 11.2 Å². The first-order valence-electron chi connectivity index (χ1n) is 8.55. The van der Waals surface area contributed by atoms with Crippen molar-refractivity contribution in [3.8, 4) is 0 Å². The van der Waals surface area contributed by atoms with Crippen molar-refractivity contribution in [3.63, 3.8) is 0 Å². The van der Waals surface area contributed by atoms with Crippen LogP contribution in [0.2, 0.25) is 0 Å². The molecule has 0 radical (unpaired) electrons. The number of thiocarbonyl (C=S) groups is 1. The number of para-hydroxylation sites is 1. The number of nitrogens with one attached hydrogen (secondary N) is 3. The van der Waals surface area contributed by atoms with Crippen molar-refractivity contribution in [1.82, 2.24) is 10.3 Å². The predicted octanol–water partition coefficient (Wildman–Crippen LogP) is 3.87. The van der Waals surface area contributed by atoms with Crippen molar-refractivity contribution in [2.24, 2.45) is 0 Å². The van der Waals surface area contributed by atoms with Crippen molar-refractivity contribution in [3.05, 3.63) is 65.9 Å². The molecule has 1 heterocycles. The second-order valence-corrected chi connectivity index (χ2v) is 6.17. The number of benzene rings is 2. The highest BCUT2D eigenvalue weighted by molar-refractivity contribution is 7.80. The van der Waals surface area contributed by atoms with E-state index in [0.717, 1.165) is 17.3 Å². The lowest BCUT2D eigenvalue weighted by Crippen LogP contribution is -2.30. The average molecular weight is 367 g/mol. The van der Waals surface area contributed by atoms with Gasteiger partial charge in [0, 0.05) is 17.4 Å². The van der Waals surface area contributed by atoms with Crippen LogP contribution in [-0.4, -0.2) is 29.2 Å². The second kappa shape index (κ2) is 8.49. The third-order valence-corrected chi connectivity index (χ3v) is 4.21. The zero-order valence-corrected chi connectivity index (χ0v) is 15.4. The van der Waals surface area contributed by atoms with E-state index >= 15 is 0 Å². The van der Waals surface area contributed by atoms with E-state index in [9.17, 15) is 4.79 Å². The Bertz CT molecular complexity index is 906. The predicted molar refractivity (Wildman–Crippen MR) is 109 cm³/mol. The van der Waals surface area contributed by atoms with E-state index in [0.29, 0.717) is 29.6 Å². The fourth-order valence-electron chi connectivity index (χ4n) is 2.75. The molecule has 0 spiro atoms. The summed E-state index contributed by atoms with van der Waals surface area (Å²) in [5, 5.41) is 7.69. The Morgan fingerprint density at radius 1 is 1.12 bits per heavy atom. The standard InChI is InChI=1S/C20H21N3O2S/c1-2-25-19(24)18-17(15-10-6-7-11-16(15)22-18)23-20(26)21-13-12-14-8-4-3-5-9-14/h3-11,22H,2,12-13H2,1H3,(H2,21,23,26). The normalized spacial score (nSPS) is 10.5. The summed E-state index contributed by atoms with van der Waals surface area (Å²) in [5.41, 5.74) is 3.10. The van der Waals surface area contributed by atoms with Gasteiger partial charge in [-0.05, 0) is 37.2 Å². The summed E-state index contributed by atoms with van der Waals surface area (Å²) >= 11 is 5.40. The van der Waals surface area contributed by atoms with E-state index in [-0.39, 0.29) is 0 Å². The second-order valence-electron chi connectivity index (χ2n) is 5.76. The van der Waals surface area contributed by atoms with Gasteiger partial charge in [0.1, 0.15) is 5.69 Å². The zero-order chi connectivity index (χ0) is 18.4. The molecule has 3 aromatic rings. The van der Waals surface area contributed by atoms with Gasteiger partial charge in [0.2, 0.25) is 0 Å². The largest absolute Gasteiger partial charge is 0.461 e. The molecule has 3 N–H and O–H groups in total. The maximum absolute atomic E-state index is 12.3. The van der Waals surface area contributed by atoms with Crippen LogP contribution in [0.25, 0.3) is 10.9 Å². The fraction of sp³-hybridized carbons (Fsp3) is 0.200. The fourth-order valence-corrected chi connectivity index (χ4v) is 2.96. The highest BCUT2D eigenvalue weighted by atomic mass is 32.1. The van der Waals surface area contributed by atoms with E-state index in [1.54, 1.807) is 6.92 Å². The molecule has 6 heteroatoms. The van der Waals surface area contributed by atoms with Gasteiger partial charge >= 0.3 is 5.97 Å². The van der Waals surface area contributed by atoms with Gasteiger partial charge in [-0.15, -0.1) is 0 Å². The quantitative estimate of drug-likeness (QED) is 0.456. The molecule has 0 atom stereocenters. The third-order valence-electron chi connectivity index (χ3n) is 3.97. The van der Waals surface area contributed by atoms with Crippen LogP contribution in [0.4, 0.5) is 5.69 Å². The van der Waals surface area contributed by atoms with Crippen molar-refractivity contribution >= 4 is 39.9 Å². The van der Waals surface area contributed by atoms with Gasteiger partial charge in [-0.2, -0.15) is 0 Å². The molecule has 0 aliphatic rings. The first-order chi connectivity index (χ1) is 12.7. The molecule has 0 saturated carbocycles. The molecule has 0 fully saturated rings. The summed E-state index contributed by atoms with van der Waals surface area (Å²) in [6.45, 7) is 2.80. The minimum absolute atomic E-state index is 0.313. The Morgan fingerprint density at radius 3 is 2.62 bits per heavy atom. The number of rotatable bonds is 6. The number of fused-ring (bicyclic) bond motifs is 1. The number of H-pyrrole nitrogens is 1. The van der Waals surface area contributed by atoms with Gasteiger partial charge in [-0.25, -0.2) is 4.79 Å². The van der Waals surface area contributed by atoms with Gasteiger partial charge in [0.05, 0.1) is 12.3 Å². The number of aromatic amines is 1. The van der Waals surface area contributed by atoms with Crippen LogP contribution in [0, 0.1) is 0 Å². The molecular formula is C20H21N3O2S. The summed E-state index contributed by atoms with van der Waals surface area (Å²) in [6, 6.07) is 17.9. The van der Waals surface area contributed by atoms with Crippen LogP contribution < -0.4 is 10.6 Å². The number of ether oxygens (including phenoxy) is 1. The molecule has 134 valence electrons. The van der Waals surface area contributed by atoms with Crippen LogP contribution in [0.3, 0.4) is 0 Å². The summed E-state index contributed by atoms with van der Waals surface area (Å²) in [7, 11) is 0. The number of aromatic nitrogens is 1. The van der Waals surface area contributed by atoms with Crippen LogP contribution in [0.5, 0.6) is 0 Å². The number of hydrogen-bond donors (Lipinski definition) is 3. The molecule has 0 saturated heterocycles. The highest BCUT2D eigenvalue weighted by Crippen LogP contribution is 2.28. The van der Waals surface area contributed by atoms with E-state index in [2.05, 4.69) is 27.8 Å². The Balaban J connectivity index is 1.71. The lowest BCUT2D eigenvalue weighted by molar-refractivity contribution is 0.0522. The monoisotopic (exact) mass is 367 g/mol. The third kappa shape index (κ3) is 4.21. The van der Waals surface area contributed by atoms with Crippen LogP contribution in [0.15, 0.2) is 54.6 Å². The highest BCUT2D eigenvalue weighted by Gasteiger charge is 2.19. The Labute approximate surface area is 157 Å². The van der Waals surface area contributed by atoms with Gasteiger partial charge in [0.25, 0.3) is 0 Å². The molecule has 0 unspecified atom stereocenters. The molecule has 0 aliphatic heterocycles. The number of carbonyl (C=O) groups is 1. The van der Waals surface area contributed by atoms with Gasteiger partial charge in [-0.1, -0.05) is 48.5 Å². The molecular weight excluding hydrogens is 346 g/mol. The van der Waals surface area contributed by atoms with E-state index in [4.69, 9.17) is 17.0 Å². The molecule has 3 rings (SSSR count). The summed E-state index contributed by atoms with van der Waals surface area (Å²) in [4.78, 5) is 15.4. The van der Waals surface area contributed by atoms with E-state index in [1.807, 2.05) is 42.5 Å². The van der Waals surface area contributed by atoms with Crippen molar-refractivity contribution in [2.45, 2.75) is 13.3 Å². The summed E-state index contributed by atoms with van der Waals surface area (Å²) in [5.74, 6) is -0.404. The van der Waals surface area contributed by atoms with Crippen LogP contribution >= 0.6 is 12.2 Å². The number of anilines is 1. The van der Waals surface area contributed by atoms with E-state index < -0.39 is 5.97 Å². The smallest absolute Gasteiger partial charge is 0.356 e. The van der Waals surface area contributed by atoms with Crippen molar-refractivity contribution in [2.75, 3.05) is 18.5 Å². The van der Waals surface area contributed by atoms with Gasteiger partial charge in [0.15, 0.2) is 5.11 Å². The van der Waals surface area contributed by atoms with Crippen LogP contribution in [0.1, 0.15) is 23.0 Å². The minimum atomic E-state index is -0.404. The Morgan fingerprint density at radius 2 is 1.85 bits per heavy atom. The molecule has 1 aromatic heterocycles. The molecule has 0 amide bonds. The number of hydrogen-bond acceptors (Lipinski definition) is 3. The molecule has 26 heavy (non-hydrogen) atoms. The number of esters is 1. The first kappa shape index (κ1) is 17.9. The van der Waals surface area contributed by atoms with Crippen molar-refractivity contribution in [1.29, 1.82) is 0 Å². The first-order valence-corrected chi connectivity index (χ1v) is 8.96. The molecule has 0 aliphatic carbocycles. The average Bonchev–Trinajstić information content (AvgIpc) is 3.01. The van der Waals surface area contributed by atoms with Crippen molar-refractivity contribution < 1.29 is 9.53 Å². The lowest BCUT2D eigenvalue weighted by atomic mass is 10.1.